The van der Waals surface area contributed by atoms with Gasteiger partial charge in [-0.3, -0.25) is 0 Å². The molecule has 0 bridgehead atoms. The second kappa shape index (κ2) is 3.74. The smallest absolute Gasteiger partial charge is 0.0573 e. The van der Waals surface area contributed by atoms with Crippen LogP contribution in [0.1, 0.15) is 58.2 Å². The van der Waals surface area contributed by atoms with Crippen LogP contribution in [0.2, 0.25) is 0 Å². The highest BCUT2D eigenvalue weighted by molar-refractivity contribution is 5.65. The molecule has 0 saturated carbocycles. The van der Waals surface area contributed by atoms with Gasteiger partial charge in [-0.1, -0.05) is 53.7 Å². The second-order valence-electron chi connectivity index (χ2n) is 7.00. The molecule has 0 saturated heterocycles. The molecule has 0 amide bonds. The van der Waals surface area contributed by atoms with Gasteiger partial charge >= 0.3 is 0 Å². The molecule has 0 atom stereocenters. The highest BCUT2D eigenvalue weighted by Crippen LogP contribution is 2.41. The van der Waals surface area contributed by atoms with Crippen molar-refractivity contribution < 1.29 is 0 Å². The monoisotopic (exact) mass is 232 g/mol. The van der Waals surface area contributed by atoms with Crippen molar-refractivity contribution in [1.82, 2.24) is 5.43 Å². The Morgan fingerprint density at radius 2 is 1.59 bits per heavy atom. The second-order valence-corrected chi connectivity index (χ2v) is 7.00. The van der Waals surface area contributed by atoms with Crippen molar-refractivity contribution in [3.05, 3.63) is 28.8 Å². The molecule has 2 N–H and O–H groups in total. The maximum Gasteiger partial charge on any atom is 0.0573 e. The van der Waals surface area contributed by atoms with Crippen molar-refractivity contribution in [1.29, 1.82) is 0 Å². The predicted octanol–water partition coefficient (Wildman–Crippen LogP) is 3.71. The van der Waals surface area contributed by atoms with E-state index in [-0.39, 0.29) is 10.8 Å². The van der Waals surface area contributed by atoms with Gasteiger partial charge in [0.15, 0.2) is 0 Å². The number of fused-ring (bicyclic) bond motifs is 1. The SMILES string of the molecule is CC(C)(C)c1ccc2c(c1C(C)(C)C)NNC2. The summed E-state index contributed by atoms with van der Waals surface area (Å²) < 4.78 is 0. The number of hydrazine groups is 1. The quantitative estimate of drug-likeness (QED) is 0.712. The van der Waals surface area contributed by atoms with Gasteiger partial charge in [0.2, 0.25) is 0 Å². The topological polar surface area (TPSA) is 24.1 Å². The van der Waals surface area contributed by atoms with E-state index in [2.05, 4.69) is 64.5 Å². The first kappa shape index (κ1) is 12.4. The number of hydrogen-bond acceptors (Lipinski definition) is 2. The fraction of sp³-hybridized carbons (Fsp3) is 0.600. The van der Waals surface area contributed by atoms with E-state index in [0.717, 1.165) is 6.54 Å². The van der Waals surface area contributed by atoms with Gasteiger partial charge in [0.05, 0.1) is 5.69 Å². The largest absolute Gasteiger partial charge is 0.321 e. The molecular formula is C15H24N2. The lowest BCUT2D eigenvalue weighted by molar-refractivity contribution is 0.531. The number of rotatable bonds is 0. The third-order valence-electron chi connectivity index (χ3n) is 3.34. The van der Waals surface area contributed by atoms with Crippen LogP contribution in [0, 0.1) is 0 Å². The van der Waals surface area contributed by atoms with Crippen LogP contribution < -0.4 is 10.9 Å². The average molecular weight is 232 g/mol. The van der Waals surface area contributed by atoms with E-state index in [0.29, 0.717) is 0 Å². The summed E-state index contributed by atoms with van der Waals surface area (Å²) in [5.74, 6) is 0. The summed E-state index contributed by atoms with van der Waals surface area (Å²) in [5, 5.41) is 0. The molecule has 0 spiro atoms. The van der Waals surface area contributed by atoms with Gasteiger partial charge in [-0.15, -0.1) is 0 Å². The van der Waals surface area contributed by atoms with E-state index in [9.17, 15) is 0 Å². The van der Waals surface area contributed by atoms with E-state index in [1.807, 2.05) is 0 Å². The molecule has 1 aromatic rings. The molecule has 2 nitrogen and oxygen atoms in total. The van der Waals surface area contributed by atoms with Crippen molar-refractivity contribution >= 4 is 5.69 Å². The number of anilines is 1. The number of hydrogen-bond donors (Lipinski definition) is 2. The average Bonchev–Trinajstić information content (AvgIpc) is 2.59. The highest BCUT2D eigenvalue weighted by atomic mass is 15.4. The van der Waals surface area contributed by atoms with Gasteiger partial charge in [-0.05, 0) is 27.5 Å². The Morgan fingerprint density at radius 3 is 2.12 bits per heavy atom. The van der Waals surface area contributed by atoms with Crippen molar-refractivity contribution in [2.24, 2.45) is 0 Å². The van der Waals surface area contributed by atoms with Crippen LogP contribution in [0.25, 0.3) is 0 Å². The lowest BCUT2D eigenvalue weighted by atomic mass is 9.74. The Hall–Kier alpha value is -1.02. The number of nitrogens with one attached hydrogen (secondary N) is 2. The lowest BCUT2D eigenvalue weighted by Gasteiger charge is -2.32. The molecule has 0 aromatic heterocycles. The Labute approximate surface area is 105 Å². The zero-order valence-corrected chi connectivity index (χ0v) is 11.9. The Bertz CT molecular complexity index is 433. The van der Waals surface area contributed by atoms with E-state index in [1.54, 1.807) is 0 Å². The summed E-state index contributed by atoms with van der Waals surface area (Å²) >= 11 is 0. The molecular weight excluding hydrogens is 208 g/mol. The highest BCUT2D eigenvalue weighted by Gasteiger charge is 2.30. The fourth-order valence-electron chi connectivity index (χ4n) is 2.57. The molecule has 2 heteroatoms. The molecule has 1 aliphatic heterocycles. The van der Waals surface area contributed by atoms with Crippen LogP contribution in [0.5, 0.6) is 0 Å². The summed E-state index contributed by atoms with van der Waals surface area (Å²) in [6.07, 6.45) is 0. The van der Waals surface area contributed by atoms with E-state index < -0.39 is 0 Å². The maximum absolute atomic E-state index is 3.34. The van der Waals surface area contributed by atoms with Gasteiger partial charge < -0.3 is 5.43 Å². The van der Waals surface area contributed by atoms with Crippen molar-refractivity contribution in [3.8, 4) is 0 Å². The molecule has 0 aliphatic carbocycles. The molecule has 1 aromatic carbocycles. The minimum Gasteiger partial charge on any atom is -0.321 e. The first-order valence-electron chi connectivity index (χ1n) is 6.37. The standard InChI is InChI=1S/C15H24N2/c1-14(2,3)11-8-7-10-9-16-17-13(10)12(11)15(4,5)6/h7-8,16-17H,9H2,1-6H3. The van der Waals surface area contributed by atoms with E-state index in [1.165, 1.54) is 22.4 Å². The minimum atomic E-state index is 0.160. The Morgan fingerprint density at radius 1 is 0.941 bits per heavy atom. The minimum absolute atomic E-state index is 0.160. The van der Waals surface area contributed by atoms with Gasteiger partial charge in [-0.25, -0.2) is 5.43 Å². The van der Waals surface area contributed by atoms with Gasteiger partial charge in [-0.2, -0.15) is 0 Å². The van der Waals surface area contributed by atoms with Gasteiger partial charge in [0, 0.05) is 6.54 Å². The van der Waals surface area contributed by atoms with Crippen molar-refractivity contribution in [2.75, 3.05) is 5.43 Å². The zero-order valence-electron chi connectivity index (χ0n) is 11.9. The van der Waals surface area contributed by atoms with Crippen LogP contribution in [0.15, 0.2) is 12.1 Å². The summed E-state index contributed by atoms with van der Waals surface area (Å²) in [5.41, 5.74) is 12.5. The van der Waals surface area contributed by atoms with Gasteiger partial charge in [0.25, 0.3) is 0 Å². The van der Waals surface area contributed by atoms with E-state index in [4.69, 9.17) is 0 Å². The fourth-order valence-corrected chi connectivity index (χ4v) is 2.57. The molecule has 1 aliphatic rings. The van der Waals surface area contributed by atoms with Crippen LogP contribution in [-0.4, -0.2) is 0 Å². The van der Waals surface area contributed by atoms with Crippen LogP contribution in [0.3, 0.4) is 0 Å². The van der Waals surface area contributed by atoms with Crippen molar-refractivity contribution in [3.63, 3.8) is 0 Å². The third-order valence-corrected chi connectivity index (χ3v) is 3.34. The maximum atomic E-state index is 3.34. The van der Waals surface area contributed by atoms with Gasteiger partial charge in [0.1, 0.15) is 0 Å². The first-order chi connectivity index (χ1) is 7.71. The number of benzene rings is 1. The molecule has 94 valence electrons. The molecule has 0 unspecified atom stereocenters. The Balaban J connectivity index is 2.70. The van der Waals surface area contributed by atoms with Crippen LogP contribution in [-0.2, 0) is 17.4 Å². The molecule has 0 fully saturated rings. The van der Waals surface area contributed by atoms with Crippen LogP contribution in [0.4, 0.5) is 5.69 Å². The lowest BCUT2D eigenvalue weighted by Crippen LogP contribution is -2.24. The summed E-state index contributed by atoms with van der Waals surface area (Å²) in [4.78, 5) is 0. The summed E-state index contributed by atoms with van der Waals surface area (Å²) in [6.45, 7) is 14.6. The van der Waals surface area contributed by atoms with Crippen molar-refractivity contribution in [2.45, 2.75) is 58.9 Å². The first-order valence-corrected chi connectivity index (χ1v) is 6.37. The Kier molecular flexibility index (Phi) is 2.74. The van der Waals surface area contributed by atoms with E-state index >= 15 is 0 Å². The zero-order chi connectivity index (χ0) is 12.8. The molecule has 2 rings (SSSR count). The molecule has 17 heavy (non-hydrogen) atoms. The summed E-state index contributed by atoms with van der Waals surface area (Å²) in [7, 11) is 0. The van der Waals surface area contributed by atoms with Crippen LogP contribution >= 0.6 is 0 Å². The molecule has 1 heterocycles. The third kappa shape index (κ3) is 2.19. The normalized spacial score (nSPS) is 15.6. The predicted molar refractivity (Wildman–Crippen MR) is 74.3 cm³/mol. The summed E-state index contributed by atoms with van der Waals surface area (Å²) in [6, 6.07) is 4.55. The molecule has 0 radical (unpaired) electrons.